The van der Waals surface area contributed by atoms with Gasteiger partial charge in [-0.15, -0.1) is 0 Å². The minimum Gasteiger partial charge on any atom is -0.507 e. The lowest BCUT2D eigenvalue weighted by Crippen LogP contribution is -2.37. The zero-order chi connectivity index (χ0) is 22.5. The molecule has 0 aromatic heterocycles. The van der Waals surface area contributed by atoms with Gasteiger partial charge in [-0.3, -0.25) is 14.5 Å². The minimum absolute atomic E-state index is 0.120. The predicted octanol–water partition coefficient (Wildman–Crippen LogP) is 3.14. The lowest BCUT2D eigenvalue weighted by Gasteiger charge is -2.21. The van der Waals surface area contributed by atoms with Crippen LogP contribution in [-0.4, -0.2) is 52.0 Å². The third kappa shape index (κ3) is 6.29. The van der Waals surface area contributed by atoms with Crippen molar-refractivity contribution < 1.29 is 24.6 Å². The third-order valence-electron chi connectivity index (χ3n) is 5.21. The maximum Gasteiger partial charge on any atom is 0.339 e. The van der Waals surface area contributed by atoms with Crippen LogP contribution >= 0.6 is 0 Å². The second kappa shape index (κ2) is 9.61. The molecule has 8 heteroatoms. The highest BCUT2D eigenvalue weighted by molar-refractivity contribution is 5.96. The summed E-state index contributed by atoms with van der Waals surface area (Å²) in [4.78, 5) is 38.0. The van der Waals surface area contributed by atoms with Crippen molar-refractivity contribution in [3.05, 3.63) is 53.1 Å². The summed E-state index contributed by atoms with van der Waals surface area (Å²) in [5.41, 5.74) is 2.87. The molecule has 4 N–H and O–H groups in total. The van der Waals surface area contributed by atoms with Crippen molar-refractivity contribution in [3.8, 4) is 5.75 Å². The maximum atomic E-state index is 12.6. The number of carboxylic acid groups (broad SMARTS) is 1. The molecule has 0 bridgehead atoms. The number of carbonyl (C=O) groups excluding carboxylic acids is 2. The van der Waals surface area contributed by atoms with Gasteiger partial charge in [-0.2, -0.15) is 0 Å². The average molecular weight is 425 g/mol. The van der Waals surface area contributed by atoms with Crippen molar-refractivity contribution >= 4 is 29.2 Å². The number of nitrogens with zero attached hydrogens (tertiary/aromatic N) is 1. The number of carbonyl (C=O) groups is 3. The van der Waals surface area contributed by atoms with Crippen LogP contribution in [0.5, 0.6) is 5.75 Å². The Labute approximate surface area is 180 Å². The van der Waals surface area contributed by atoms with Crippen molar-refractivity contribution in [2.24, 2.45) is 0 Å². The molecule has 2 aromatic carbocycles. The first-order chi connectivity index (χ1) is 14.7. The van der Waals surface area contributed by atoms with Gasteiger partial charge in [0.2, 0.25) is 11.8 Å². The Kier molecular flexibility index (Phi) is 6.91. The molecule has 0 saturated heterocycles. The molecule has 164 valence electrons. The van der Waals surface area contributed by atoms with Gasteiger partial charge < -0.3 is 20.8 Å². The maximum absolute atomic E-state index is 12.6. The first-order valence-electron chi connectivity index (χ1n) is 10.2. The minimum atomic E-state index is -1.27. The number of rotatable bonds is 9. The highest BCUT2D eigenvalue weighted by Gasteiger charge is 2.30. The number of hydrogen-bond donors (Lipinski definition) is 4. The molecule has 1 aliphatic rings. The largest absolute Gasteiger partial charge is 0.507 e. The van der Waals surface area contributed by atoms with Crippen molar-refractivity contribution in [2.45, 2.75) is 39.2 Å². The average Bonchev–Trinajstić information content (AvgIpc) is 3.54. The molecule has 0 heterocycles. The molecule has 0 atom stereocenters. The molecule has 31 heavy (non-hydrogen) atoms. The molecular weight excluding hydrogens is 398 g/mol. The Bertz CT molecular complexity index is 1000. The van der Waals surface area contributed by atoms with E-state index in [0.29, 0.717) is 18.3 Å². The van der Waals surface area contributed by atoms with Crippen LogP contribution in [0.4, 0.5) is 11.4 Å². The highest BCUT2D eigenvalue weighted by Crippen LogP contribution is 2.27. The number of aromatic hydroxyl groups is 1. The fourth-order valence-corrected chi connectivity index (χ4v) is 3.33. The van der Waals surface area contributed by atoms with E-state index in [1.54, 1.807) is 0 Å². The number of aromatic carboxylic acids is 1. The summed E-state index contributed by atoms with van der Waals surface area (Å²) >= 11 is 0. The Morgan fingerprint density at radius 3 is 2.45 bits per heavy atom. The first kappa shape index (κ1) is 22.3. The Morgan fingerprint density at radius 2 is 1.77 bits per heavy atom. The van der Waals surface area contributed by atoms with E-state index in [-0.39, 0.29) is 36.1 Å². The number of phenols is 1. The van der Waals surface area contributed by atoms with E-state index in [9.17, 15) is 19.5 Å². The van der Waals surface area contributed by atoms with E-state index < -0.39 is 5.97 Å². The fraction of sp³-hybridized carbons (Fsp3) is 0.348. The smallest absolute Gasteiger partial charge is 0.339 e. The van der Waals surface area contributed by atoms with Crippen LogP contribution in [-0.2, 0) is 9.59 Å². The molecule has 1 fully saturated rings. The van der Waals surface area contributed by atoms with Crippen molar-refractivity contribution in [3.63, 3.8) is 0 Å². The van der Waals surface area contributed by atoms with Crippen molar-refractivity contribution in [2.75, 3.05) is 23.7 Å². The Balaban J connectivity index is 1.54. The SMILES string of the molecule is Cc1ccc(C)c(NC(=O)CN(CCC(=O)Nc2ccc(O)c(C(=O)O)c2)C2CC2)c1. The first-order valence-corrected chi connectivity index (χ1v) is 10.2. The number of amides is 2. The van der Waals surface area contributed by atoms with Crippen LogP contribution < -0.4 is 10.6 Å². The summed E-state index contributed by atoms with van der Waals surface area (Å²) < 4.78 is 0. The van der Waals surface area contributed by atoms with Crippen LogP contribution in [0, 0.1) is 13.8 Å². The summed E-state index contributed by atoms with van der Waals surface area (Å²) in [6.07, 6.45) is 2.16. The molecule has 0 aliphatic heterocycles. The van der Waals surface area contributed by atoms with Gasteiger partial charge in [-0.05, 0) is 62.1 Å². The van der Waals surface area contributed by atoms with Gasteiger partial charge in [0, 0.05) is 30.4 Å². The number of benzene rings is 2. The lowest BCUT2D eigenvalue weighted by atomic mass is 10.1. The number of hydrogen-bond acceptors (Lipinski definition) is 5. The van der Waals surface area contributed by atoms with E-state index in [1.807, 2.05) is 36.9 Å². The molecule has 2 aromatic rings. The zero-order valence-electron chi connectivity index (χ0n) is 17.6. The summed E-state index contributed by atoms with van der Waals surface area (Å²) in [5.74, 6) is -2.04. The predicted molar refractivity (Wildman–Crippen MR) is 117 cm³/mol. The number of anilines is 2. The normalized spacial score (nSPS) is 13.1. The van der Waals surface area contributed by atoms with Crippen LogP contribution in [0.1, 0.15) is 40.7 Å². The van der Waals surface area contributed by atoms with Gasteiger partial charge in [-0.1, -0.05) is 12.1 Å². The van der Waals surface area contributed by atoms with Crippen molar-refractivity contribution in [1.82, 2.24) is 4.90 Å². The van der Waals surface area contributed by atoms with Gasteiger partial charge in [-0.25, -0.2) is 4.79 Å². The standard InChI is InChI=1S/C23H27N3O5/c1-14-3-4-15(2)19(11-14)25-22(29)13-26(17-6-7-17)10-9-21(28)24-16-5-8-20(27)18(12-16)23(30)31/h3-5,8,11-12,17,27H,6-7,9-10,13H2,1-2H3,(H,24,28)(H,25,29)(H,30,31). The van der Waals surface area contributed by atoms with Gasteiger partial charge in [0.25, 0.3) is 0 Å². The second-order valence-electron chi connectivity index (χ2n) is 7.90. The number of aryl methyl sites for hydroxylation is 2. The molecule has 8 nitrogen and oxygen atoms in total. The van der Waals surface area contributed by atoms with Gasteiger partial charge in [0.1, 0.15) is 11.3 Å². The van der Waals surface area contributed by atoms with E-state index in [1.165, 1.54) is 18.2 Å². The third-order valence-corrected chi connectivity index (χ3v) is 5.21. The molecule has 2 amide bonds. The summed E-state index contributed by atoms with van der Waals surface area (Å²) in [5, 5.41) is 24.2. The fourth-order valence-electron chi connectivity index (χ4n) is 3.33. The zero-order valence-corrected chi connectivity index (χ0v) is 17.6. The topological polar surface area (TPSA) is 119 Å². The van der Waals surface area contributed by atoms with Gasteiger partial charge in [0.15, 0.2) is 0 Å². The van der Waals surface area contributed by atoms with Crippen LogP contribution in [0.3, 0.4) is 0 Å². The number of nitrogens with one attached hydrogen (secondary N) is 2. The van der Waals surface area contributed by atoms with Crippen molar-refractivity contribution in [1.29, 1.82) is 0 Å². The molecule has 0 radical (unpaired) electrons. The van der Waals surface area contributed by atoms with E-state index >= 15 is 0 Å². The van der Waals surface area contributed by atoms with Crippen LogP contribution in [0.2, 0.25) is 0 Å². The van der Waals surface area contributed by atoms with Gasteiger partial charge in [0.05, 0.1) is 6.54 Å². The molecular formula is C23H27N3O5. The molecule has 0 spiro atoms. The van der Waals surface area contributed by atoms with E-state index in [2.05, 4.69) is 10.6 Å². The summed E-state index contributed by atoms with van der Waals surface area (Å²) in [7, 11) is 0. The lowest BCUT2D eigenvalue weighted by molar-refractivity contribution is -0.119. The molecule has 1 saturated carbocycles. The number of carboxylic acids is 1. The van der Waals surface area contributed by atoms with Crippen LogP contribution in [0.15, 0.2) is 36.4 Å². The molecule has 0 unspecified atom stereocenters. The monoisotopic (exact) mass is 425 g/mol. The summed E-state index contributed by atoms with van der Waals surface area (Å²) in [6.45, 7) is 4.53. The quantitative estimate of drug-likeness (QED) is 0.458. The van der Waals surface area contributed by atoms with Crippen LogP contribution in [0.25, 0.3) is 0 Å². The van der Waals surface area contributed by atoms with Gasteiger partial charge >= 0.3 is 5.97 Å². The highest BCUT2D eigenvalue weighted by atomic mass is 16.4. The summed E-state index contributed by atoms with van der Waals surface area (Å²) in [6, 6.07) is 10.1. The molecule has 1 aliphatic carbocycles. The molecule has 3 rings (SSSR count). The second-order valence-corrected chi connectivity index (χ2v) is 7.90. The Morgan fingerprint density at radius 1 is 1.03 bits per heavy atom. The van der Waals surface area contributed by atoms with E-state index in [0.717, 1.165) is 29.7 Å². The van der Waals surface area contributed by atoms with E-state index in [4.69, 9.17) is 5.11 Å². The Hall–Kier alpha value is -3.39.